The van der Waals surface area contributed by atoms with Crippen molar-refractivity contribution in [2.75, 3.05) is 0 Å². The average Bonchev–Trinajstić information content (AvgIpc) is 2.69. The summed E-state index contributed by atoms with van der Waals surface area (Å²) >= 11 is 6.03. The number of carboxylic acids is 1. The van der Waals surface area contributed by atoms with Crippen LogP contribution in [0, 0.1) is 5.82 Å². The summed E-state index contributed by atoms with van der Waals surface area (Å²) in [6.45, 7) is 1.79. The fourth-order valence-electron chi connectivity index (χ4n) is 2.92. The van der Waals surface area contributed by atoms with Crippen molar-refractivity contribution in [2.45, 2.75) is 19.4 Å². The number of halogens is 2. The van der Waals surface area contributed by atoms with E-state index in [0.717, 1.165) is 5.56 Å². The first-order valence-corrected chi connectivity index (χ1v) is 9.24. The molecule has 1 atom stereocenters. The first kappa shape index (κ1) is 20.5. The highest BCUT2D eigenvalue weighted by atomic mass is 35.5. The summed E-state index contributed by atoms with van der Waals surface area (Å²) in [7, 11) is 0. The van der Waals surface area contributed by atoms with Crippen molar-refractivity contribution in [3.63, 3.8) is 0 Å². The number of carbonyl (C=O) groups excluding carboxylic acids is 1. The molecule has 3 rings (SSSR count). The molecule has 0 fully saturated rings. The molecule has 7 heteroatoms. The van der Waals surface area contributed by atoms with Gasteiger partial charge in [0.25, 0.3) is 5.91 Å². The second-order valence-corrected chi connectivity index (χ2v) is 7.01. The number of nitrogens with zero attached hydrogens (tertiary/aromatic N) is 1. The van der Waals surface area contributed by atoms with Crippen LogP contribution in [0.15, 0.2) is 60.8 Å². The minimum atomic E-state index is -1.01. The number of hydrogen-bond acceptors (Lipinski definition) is 3. The normalized spacial score (nSPS) is 11.7. The topological polar surface area (TPSA) is 79.3 Å². The Morgan fingerprint density at radius 2 is 1.90 bits per heavy atom. The van der Waals surface area contributed by atoms with Gasteiger partial charge in [-0.25, -0.2) is 9.18 Å². The third kappa shape index (κ3) is 5.18. The Kier molecular flexibility index (Phi) is 6.24. The average molecular weight is 413 g/mol. The van der Waals surface area contributed by atoms with Crippen molar-refractivity contribution in [3.8, 4) is 0 Å². The van der Waals surface area contributed by atoms with Gasteiger partial charge in [0.1, 0.15) is 5.82 Å². The van der Waals surface area contributed by atoms with Crippen molar-refractivity contribution in [1.29, 1.82) is 0 Å². The van der Waals surface area contributed by atoms with Crippen molar-refractivity contribution < 1.29 is 19.1 Å². The standard InChI is InChI=1S/C22H18ClFN2O3/c1-13(15-5-7-16(8-6-15)22(28)29)26-21(27)19-11-17(23)12-25-20(19)10-14-3-2-4-18(24)9-14/h2-9,11-13H,10H2,1H3,(H,26,27)(H,28,29)/t13-/m0/s1. The van der Waals surface area contributed by atoms with Crippen LogP contribution in [0.2, 0.25) is 5.02 Å². The number of benzene rings is 2. The minimum absolute atomic E-state index is 0.170. The molecule has 1 heterocycles. The monoisotopic (exact) mass is 412 g/mol. The quantitative estimate of drug-likeness (QED) is 0.617. The zero-order valence-electron chi connectivity index (χ0n) is 15.5. The van der Waals surface area contributed by atoms with Crippen LogP contribution < -0.4 is 5.32 Å². The van der Waals surface area contributed by atoms with Gasteiger partial charge >= 0.3 is 5.97 Å². The molecule has 5 nitrogen and oxygen atoms in total. The van der Waals surface area contributed by atoms with E-state index in [9.17, 15) is 14.0 Å². The van der Waals surface area contributed by atoms with Gasteiger partial charge in [-0.1, -0.05) is 35.9 Å². The van der Waals surface area contributed by atoms with Gasteiger partial charge in [-0.15, -0.1) is 0 Å². The molecule has 2 aromatic carbocycles. The predicted octanol–water partition coefficient (Wildman–Crippen LogP) is 4.65. The molecule has 0 unspecified atom stereocenters. The molecule has 1 aromatic heterocycles. The van der Waals surface area contributed by atoms with E-state index in [4.69, 9.17) is 16.7 Å². The Morgan fingerprint density at radius 3 is 2.55 bits per heavy atom. The number of aromatic carboxylic acids is 1. The number of carboxylic acid groups (broad SMARTS) is 1. The predicted molar refractivity (Wildman–Crippen MR) is 108 cm³/mol. The molecule has 0 aliphatic heterocycles. The lowest BCUT2D eigenvalue weighted by Crippen LogP contribution is -2.28. The van der Waals surface area contributed by atoms with Gasteiger partial charge < -0.3 is 10.4 Å². The van der Waals surface area contributed by atoms with Crippen LogP contribution in [0.25, 0.3) is 0 Å². The molecule has 0 saturated carbocycles. The van der Waals surface area contributed by atoms with Crippen LogP contribution in [-0.4, -0.2) is 22.0 Å². The molecule has 0 aliphatic rings. The zero-order valence-corrected chi connectivity index (χ0v) is 16.3. The van der Waals surface area contributed by atoms with E-state index in [-0.39, 0.29) is 29.8 Å². The molecule has 0 spiro atoms. The first-order chi connectivity index (χ1) is 13.8. The van der Waals surface area contributed by atoms with Gasteiger partial charge in [0.05, 0.1) is 27.9 Å². The van der Waals surface area contributed by atoms with Crippen LogP contribution >= 0.6 is 11.6 Å². The maximum absolute atomic E-state index is 13.5. The molecule has 0 aliphatic carbocycles. The molecule has 148 valence electrons. The number of pyridine rings is 1. The summed E-state index contributed by atoms with van der Waals surface area (Å²) < 4.78 is 13.5. The molecule has 0 radical (unpaired) electrons. The van der Waals surface area contributed by atoms with E-state index in [1.807, 2.05) is 0 Å². The third-order valence-electron chi connectivity index (χ3n) is 4.45. The second-order valence-electron chi connectivity index (χ2n) is 6.58. The molecular weight excluding hydrogens is 395 g/mol. The van der Waals surface area contributed by atoms with E-state index < -0.39 is 5.97 Å². The Labute approximate surface area is 172 Å². The summed E-state index contributed by atoms with van der Waals surface area (Å²) in [5.74, 6) is -1.75. The number of hydrogen-bond donors (Lipinski definition) is 2. The SMILES string of the molecule is C[C@H](NC(=O)c1cc(Cl)cnc1Cc1cccc(F)c1)c1ccc(C(=O)O)cc1. The van der Waals surface area contributed by atoms with Gasteiger partial charge in [-0.2, -0.15) is 0 Å². The van der Waals surface area contributed by atoms with E-state index in [1.54, 1.807) is 31.2 Å². The Balaban J connectivity index is 1.80. The summed E-state index contributed by atoms with van der Waals surface area (Å²) in [6, 6.07) is 13.5. The van der Waals surface area contributed by atoms with Crippen LogP contribution in [0.5, 0.6) is 0 Å². The number of amides is 1. The fraction of sp³-hybridized carbons (Fsp3) is 0.136. The highest BCUT2D eigenvalue weighted by molar-refractivity contribution is 6.30. The Hall–Kier alpha value is -3.25. The van der Waals surface area contributed by atoms with Gasteiger partial charge in [-0.05, 0) is 48.4 Å². The van der Waals surface area contributed by atoms with Crippen LogP contribution in [-0.2, 0) is 6.42 Å². The minimum Gasteiger partial charge on any atom is -0.478 e. The second kappa shape index (κ2) is 8.84. The first-order valence-electron chi connectivity index (χ1n) is 8.86. The number of rotatable bonds is 6. The van der Waals surface area contributed by atoms with Crippen LogP contribution in [0.1, 0.15) is 50.5 Å². The Bertz CT molecular complexity index is 1050. The maximum atomic E-state index is 13.5. The number of carbonyl (C=O) groups is 2. The fourth-order valence-corrected chi connectivity index (χ4v) is 3.08. The summed E-state index contributed by atoms with van der Waals surface area (Å²) in [6.07, 6.45) is 1.72. The molecular formula is C22H18ClFN2O3. The largest absolute Gasteiger partial charge is 0.478 e. The number of nitrogens with one attached hydrogen (secondary N) is 1. The summed E-state index contributed by atoms with van der Waals surface area (Å²) in [5, 5.41) is 12.2. The van der Waals surface area contributed by atoms with Crippen molar-refractivity contribution in [2.24, 2.45) is 0 Å². The molecule has 29 heavy (non-hydrogen) atoms. The molecule has 0 bridgehead atoms. The maximum Gasteiger partial charge on any atom is 0.335 e. The molecule has 2 N–H and O–H groups in total. The van der Waals surface area contributed by atoms with Gasteiger partial charge in [0.2, 0.25) is 0 Å². The van der Waals surface area contributed by atoms with E-state index >= 15 is 0 Å². The highest BCUT2D eigenvalue weighted by Gasteiger charge is 2.17. The van der Waals surface area contributed by atoms with E-state index in [0.29, 0.717) is 21.8 Å². The van der Waals surface area contributed by atoms with Gasteiger partial charge in [-0.3, -0.25) is 9.78 Å². The van der Waals surface area contributed by atoms with Gasteiger partial charge in [0, 0.05) is 12.6 Å². The van der Waals surface area contributed by atoms with Crippen molar-refractivity contribution in [3.05, 3.63) is 99.6 Å². The molecule has 1 amide bonds. The lowest BCUT2D eigenvalue weighted by atomic mass is 10.0. The highest BCUT2D eigenvalue weighted by Crippen LogP contribution is 2.20. The lowest BCUT2D eigenvalue weighted by Gasteiger charge is -2.16. The molecule has 0 saturated heterocycles. The van der Waals surface area contributed by atoms with E-state index in [2.05, 4.69) is 10.3 Å². The Morgan fingerprint density at radius 1 is 1.17 bits per heavy atom. The smallest absolute Gasteiger partial charge is 0.335 e. The summed E-state index contributed by atoms with van der Waals surface area (Å²) in [4.78, 5) is 28.1. The van der Waals surface area contributed by atoms with Crippen LogP contribution in [0.3, 0.4) is 0 Å². The zero-order chi connectivity index (χ0) is 21.0. The van der Waals surface area contributed by atoms with E-state index in [1.165, 1.54) is 36.5 Å². The van der Waals surface area contributed by atoms with Crippen LogP contribution in [0.4, 0.5) is 4.39 Å². The van der Waals surface area contributed by atoms with Crippen molar-refractivity contribution in [1.82, 2.24) is 10.3 Å². The third-order valence-corrected chi connectivity index (χ3v) is 4.65. The lowest BCUT2D eigenvalue weighted by molar-refractivity contribution is 0.0696. The summed E-state index contributed by atoms with van der Waals surface area (Å²) in [5.41, 5.74) is 2.39. The molecule has 3 aromatic rings. The van der Waals surface area contributed by atoms with Crippen molar-refractivity contribution >= 4 is 23.5 Å². The van der Waals surface area contributed by atoms with Gasteiger partial charge in [0.15, 0.2) is 0 Å². The number of aromatic nitrogens is 1.